The van der Waals surface area contributed by atoms with Crippen molar-refractivity contribution in [3.8, 4) is 0 Å². The third kappa shape index (κ3) is 3.74. The summed E-state index contributed by atoms with van der Waals surface area (Å²) >= 11 is 0. The van der Waals surface area contributed by atoms with Crippen molar-refractivity contribution in [2.45, 2.75) is 12.2 Å². The van der Waals surface area contributed by atoms with Crippen LogP contribution in [0, 0.1) is 0 Å². The molecule has 0 aromatic heterocycles. The molecule has 0 unspecified atom stereocenters. The zero-order valence-corrected chi connectivity index (χ0v) is 12.8. The van der Waals surface area contributed by atoms with Gasteiger partial charge in [0, 0.05) is 11.1 Å². The zero-order chi connectivity index (χ0) is 16.3. The molecule has 122 valence electrons. The molecule has 1 aliphatic heterocycles. The SMILES string of the molecule is FC(F)(F)c1ccc([C@H](c2ccccc2)[NH+]2CC[NH2+]CC2)cc1. The molecule has 5 heteroatoms. The molecule has 23 heavy (non-hydrogen) atoms. The van der Waals surface area contributed by atoms with Gasteiger partial charge in [0.25, 0.3) is 0 Å². The van der Waals surface area contributed by atoms with E-state index in [-0.39, 0.29) is 6.04 Å². The van der Waals surface area contributed by atoms with Gasteiger partial charge in [-0.1, -0.05) is 42.5 Å². The Kier molecular flexibility index (Phi) is 4.68. The van der Waals surface area contributed by atoms with Crippen LogP contribution in [-0.2, 0) is 6.18 Å². The maximum Gasteiger partial charge on any atom is 0.416 e. The predicted octanol–water partition coefficient (Wildman–Crippen LogP) is 1.26. The van der Waals surface area contributed by atoms with Crippen LogP contribution in [0.15, 0.2) is 54.6 Å². The number of piperazine rings is 1. The molecule has 0 spiro atoms. The van der Waals surface area contributed by atoms with E-state index in [1.54, 1.807) is 12.1 Å². The number of nitrogens with one attached hydrogen (secondary N) is 1. The van der Waals surface area contributed by atoms with Crippen molar-refractivity contribution in [1.29, 1.82) is 0 Å². The van der Waals surface area contributed by atoms with E-state index in [1.807, 2.05) is 18.2 Å². The average molecular weight is 322 g/mol. The zero-order valence-electron chi connectivity index (χ0n) is 12.8. The monoisotopic (exact) mass is 322 g/mol. The van der Waals surface area contributed by atoms with Crippen LogP contribution in [0.2, 0.25) is 0 Å². The minimum atomic E-state index is -4.28. The summed E-state index contributed by atoms with van der Waals surface area (Å²) in [6, 6.07) is 15.8. The van der Waals surface area contributed by atoms with Crippen molar-refractivity contribution in [2.24, 2.45) is 0 Å². The Morgan fingerprint density at radius 2 is 1.39 bits per heavy atom. The van der Waals surface area contributed by atoms with Crippen LogP contribution in [0.1, 0.15) is 22.7 Å². The highest BCUT2D eigenvalue weighted by Gasteiger charge is 2.32. The van der Waals surface area contributed by atoms with Crippen molar-refractivity contribution in [1.82, 2.24) is 0 Å². The Morgan fingerprint density at radius 3 is 1.96 bits per heavy atom. The van der Waals surface area contributed by atoms with Crippen molar-refractivity contribution in [3.05, 3.63) is 71.3 Å². The van der Waals surface area contributed by atoms with Gasteiger partial charge in [-0.25, -0.2) is 0 Å². The molecule has 1 fully saturated rings. The van der Waals surface area contributed by atoms with Crippen molar-refractivity contribution >= 4 is 0 Å². The summed E-state index contributed by atoms with van der Waals surface area (Å²) in [6.07, 6.45) is -4.28. The number of alkyl halides is 3. The lowest BCUT2D eigenvalue weighted by molar-refractivity contribution is -0.967. The van der Waals surface area contributed by atoms with Gasteiger partial charge in [-0.3, -0.25) is 0 Å². The molecule has 1 saturated heterocycles. The molecule has 1 heterocycles. The molecule has 0 aliphatic carbocycles. The number of quaternary nitrogens is 2. The van der Waals surface area contributed by atoms with E-state index in [0.717, 1.165) is 37.3 Å². The topological polar surface area (TPSA) is 21.1 Å². The minimum absolute atomic E-state index is 0.0900. The largest absolute Gasteiger partial charge is 0.416 e. The van der Waals surface area contributed by atoms with Crippen LogP contribution >= 0.6 is 0 Å². The third-order valence-corrected chi connectivity index (χ3v) is 4.45. The van der Waals surface area contributed by atoms with Gasteiger partial charge >= 0.3 is 6.18 Å². The highest BCUT2D eigenvalue weighted by atomic mass is 19.4. The van der Waals surface area contributed by atoms with Gasteiger partial charge in [-0.05, 0) is 12.1 Å². The number of hydrogen-bond acceptors (Lipinski definition) is 0. The highest BCUT2D eigenvalue weighted by molar-refractivity contribution is 5.32. The predicted molar refractivity (Wildman–Crippen MR) is 82.1 cm³/mol. The smallest absolute Gasteiger partial charge is 0.337 e. The number of benzene rings is 2. The normalized spacial score (nSPS) is 17.9. The van der Waals surface area contributed by atoms with Gasteiger partial charge in [0.05, 0.1) is 5.56 Å². The van der Waals surface area contributed by atoms with Crippen LogP contribution in [0.3, 0.4) is 0 Å². The van der Waals surface area contributed by atoms with Crippen molar-refractivity contribution in [3.63, 3.8) is 0 Å². The molecule has 1 atom stereocenters. The Morgan fingerprint density at radius 1 is 0.826 bits per heavy atom. The fourth-order valence-electron chi connectivity index (χ4n) is 3.31. The van der Waals surface area contributed by atoms with Gasteiger partial charge in [0.1, 0.15) is 32.2 Å². The Balaban J connectivity index is 1.94. The van der Waals surface area contributed by atoms with Crippen LogP contribution in [-0.4, -0.2) is 26.2 Å². The summed E-state index contributed by atoms with van der Waals surface area (Å²) in [5.74, 6) is 0. The molecule has 2 nitrogen and oxygen atoms in total. The van der Waals surface area contributed by atoms with Crippen LogP contribution in [0.25, 0.3) is 0 Å². The van der Waals surface area contributed by atoms with Crippen molar-refractivity contribution < 1.29 is 23.4 Å². The second kappa shape index (κ2) is 6.72. The summed E-state index contributed by atoms with van der Waals surface area (Å²) in [6.45, 7) is 4.14. The molecular formula is C18H21F3N2+2. The van der Waals surface area contributed by atoms with Gasteiger partial charge in [0.15, 0.2) is 0 Å². The van der Waals surface area contributed by atoms with Crippen molar-refractivity contribution in [2.75, 3.05) is 26.2 Å². The lowest BCUT2D eigenvalue weighted by atomic mass is 9.95. The summed E-state index contributed by atoms with van der Waals surface area (Å²) in [5, 5.41) is 2.29. The van der Waals surface area contributed by atoms with E-state index in [1.165, 1.54) is 17.0 Å². The van der Waals surface area contributed by atoms with Crippen LogP contribution in [0.5, 0.6) is 0 Å². The molecule has 0 bridgehead atoms. The van der Waals surface area contributed by atoms with Gasteiger partial charge in [-0.15, -0.1) is 0 Å². The lowest BCUT2D eigenvalue weighted by Crippen LogP contribution is -3.20. The summed E-state index contributed by atoms with van der Waals surface area (Å²) in [7, 11) is 0. The average Bonchev–Trinajstić information content (AvgIpc) is 2.57. The molecule has 0 amide bonds. The summed E-state index contributed by atoms with van der Waals surface area (Å²) < 4.78 is 38.4. The first-order valence-electron chi connectivity index (χ1n) is 7.94. The first-order chi connectivity index (χ1) is 11.1. The molecule has 0 radical (unpaired) electrons. The van der Waals surface area contributed by atoms with E-state index in [4.69, 9.17) is 0 Å². The fourth-order valence-corrected chi connectivity index (χ4v) is 3.31. The summed E-state index contributed by atoms with van der Waals surface area (Å²) in [4.78, 5) is 1.42. The Hall–Kier alpha value is -1.85. The third-order valence-electron chi connectivity index (χ3n) is 4.45. The second-order valence-electron chi connectivity index (χ2n) is 5.99. The first-order valence-corrected chi connectivity index (χ1v) is 7.94. The maximum absolute atomic E-state index is 12.8. The van der Waals surface area contributed by atoms with E-state index in [2.05, 4.69) is 17.4 Å². The standard InChI is InChI=1S/C18H19F3N2/c19-18(20,21)16-8-6-15(7-9-16)17(14-4-2-1-3-5-14)23-12-10-22-11-13-23/h1-9,17,22H,10-13H2/p+2/t17-/m0/s1. The Bertz CT molecular complexity index is 617. The van der Waals surface area contributed by atoms with E-state index < -0.39 is 11.7 Å². The molecule has 2 aromatic carbocycles. The second-order valence-corrected chi connectivity index (χ2v) is 5.99. The van der Waals surface area contributed by atoms with Crippen LogP contribution < -0.4 is 10.2 Å². The van der Waals surface area contributed by atoms with E-state index in [0.29, 0.717) is 0 Å². The van der Waals surface area contributed by atoms with Gasteiger partial charge in [-0.2, -0.15) is 13.2 Å². The maximum atomic E-state index is 12.8. The van der Waals surface area contributed by atoms with Gasteiger partial charge in [0.2, 0.25) is 0 Å². The summed E-state index contributed by atoms with van der Waals surface area (Å²) in [5.41, 5.74) is 1.51. The van der Waals surface area contributed by atoms with Crippen LogP contribution in [0.4, 0.5) is 13.2 Å². The molecule has 0 saturated carbocycles. The van der Waals surface area contributed by atoms with E-state index >= 15 is 0 Å². The number of nitrogens with two attached hydrogens (primary N) is 1. The number of halogens is 3. The Labute approximate surface area is 133 Å². The fraction of sp³-hybridized carbons (Fsp3) is 0.333. The molecule has 3 N–H and O–H groups in total. The number of hydrogen-bond donors (Lipinski definition) is 2. The molecular weight excluding hydrogens is 301 g/mol. The molecule has 3 rings (SSSR count). The molecule has 2 aromatic rings. The van der Waals surface area contributed by atoms with E-state index in [9.17, 15) is 13.2 Å². The first kappa shape index (κ1) is 16.0. The highest BCUT2D eigenvalue weighted by Crippen LogP contribution is 2.30. The van der Waals surface area contributed by atoms with Gasteiger partial charge < -0.3 is 10.2 Å². The minimum Gasteiger partial charge on any atom is -0.337 e. The number of rotatable bonds is 3. The molecule has 1 aliphatic rings. The quantitative estimate of drug-likeness (QED) is 0.849. The lowest BCUT2D eigenvalue weighted by Gasteiger charge is -2.31.